The van der Waals surface area contributed by atoms with E-state index in [4.69, 9.17) is 10.4 Å². The van der Waals surface area contributed by atoms with Crippen molar-refractivity contribution < 1.29 is 43.9 Å². The fraction of sp³-hybridized carbons (Fsp3) is 0.400. The number of hydrogen-bond acceptors (Lipinski definition) is 8. The zero-order valence-corrected chi connectivity index (χ0v) is 17.8. The molecule has 0 bridgehead atoms. The lowest BCUT2D eigenvalue weighted by Crippen LogP contribution is -2.00. The lowest BCUT2D eigenvalue weighted by Gasteiger charge is -1.97. The van der Waals surface area contributed by atoms with E-state index >= 15 is 0 Å². The summed E-state index contributed by atoms with van der Waals surface area (Å²) >= 11 is 0. The van der Waals surface area contributed by atoms with E-state index in [9.17, 15) is 19.2 Å². The third kappa shape index (κ3) is 32.9. The van der Waals surface area contributed by atoms with Gasteiger partial charge >= 0.3 is 23.9 Å². The normalized spacial score (nSPS) is 7.93. The maximum atomic E-state index is 10.3. The van der Waals surface area contributed by atoms with Crippen LogP contribution in [0.15, 0.2) is 49.1 Å². The fourth-order valence-electron chi connectivity index (χ4n) is 0.628. The van der Waals surface area contributed by atoms with E-state index < -0.39 is 11.9 Å². The first-order valence-electron chi connectivity index (χ1n) is 8.25. The molecule has 0 saturated carbocycles. The molecule has 0 radical (unpaired) electrons. The number of unbranched alkanes of at least 4 members (excludes halogenated alkanes) is 1. The van der Waals surface area contributed by atoms with Crippen LogP contribution in [0.1, 0.15) is 40.5 Å². The second-order valence-electron chi connectivity index (χ2n) is 5.24. The number of carboxylic acid groups (broad SMARTS) is 1. The minimum Gasteiger partial charge on any atom is -0.478 e. The highest BCUT2D eigenvalue weighted by molar-refractivity contribution is 5.87. The first kappa shape index (κ1) is 33.4. The molecule has 29 heavy (non-hydrogen) atoms. The molecule has 2 N–H and O–H groups in total. The molecule has 0 aliphatic rings. The van der Waals surface area contributed by atoms with Crippen LogP contribution < -0.4 is 0 Å². The summed E-state index contributed by atoms with van der Waals surface area (Å²) in [5.41, 5.74) is 0.792. The Morgan fingerprint density at radius 1 is 0.931 bits per heavy atom. The van der Waals surface area contributed by atoms with Gasteiger partial charge in [0.1, 0.15) is 0 Å². The molecule has 0 spiro atoms. The van der Waals surface area contributed by atoms with Gasteiger partial charge in [0.05, 0.1) is 13.7 Å². The van der Waals surface area contributed by atoms with Crippen molar-refractivity contribution in [1.82, 2.24) is 0 Å². The predicted molar refractivity (Wildman–Crippen MR) is 109 cm³/mol. The summed E-state index contributed by atoms with van der Waals surface area (Å²) in [6, 6.07) is 0. The Balaban J connectivity index is -0.000000145. The first-order chi connectivity index (χ1) is 13.3. The highest BCUT2D eigenvalue weighted by atomic mass is 17.1. The minimum absolute atomic E-state index is 0.176. The lowest BCUT2D eigenvalue weighted by atomic mass is 10.4. The second-order valence-corrected chi connectivity index (χ2v) is 5.24. The number of carbonyl (C=O) groups excluding carboxylic acids is 3. The van der Waals surface area contributed by atoms with Gasteiger partial charge in [0.2, 0.25) is 0 Å². The Labute approximate surface area is 171 Å². The molecule has 0 heterocycles. The van der Waals surface area contributed by atoms with Crippen LogP contribution in [-0.4, -0.2) is 48.0 Å². The Kier molecular flexibility index (Phi) is 26.3. The van der Waals surface area contributed by atoms with Gasteiger partial charge in [-0.05, 0) is 27.2 Å². The quantitative estimate of drug-likeness (QED) is 0.160. The summed E-state index contributed by atoms with van der Waals surface area (Å²) in [4.78, 5) is 43.3. The molecule has 0 amide bonds. The summed E-state index contributed by atoms with van der Waals surface area (Å²) in [7, 11) is 1.33. The van der Waals surface area contributed by atoms with E-state index in [1.807, 2.05) is 6.92 Å². The van der Waals surface area contributed by atoms with Crippen LogP contribution in [0, 0.1) is 0 Å². The Hall–Kier alpha value is -3.20. The van der Waals surface area contributed by atoms with Gasteiger partial charge < -0.3 is 14.6 Å². The molecular formula is C20H32O9. The van der Waals surface area contributed by atoms with Gasteiger partial charge in [-0.15, -0.1) is 0 Å². The first-order valence-corrected chi connectivity index (χ1v) is 8.25. The molecule has 0 aromatic carbocycles. The summed E-state index contributed by atoms with van der Waals surface area (Å²) in [5.74, 6) is -2.40. The fourth-order valence-corrected chi connectivity index (χ4v) is 0.628. The maximum Gasteiger partial charge on any atom is 0.367 e. The van der Waals surface area contributed by atoms with Crippen molar-refractivity contribution in [1.29, 1.82) is 0 Å². The molecule has 0 aromatic heterocycles. The van der Waals surface area contributed by atoms with E-state index in [-0.39, 0.29) is 23.1 Å². The topological polar surface area (TPSA) is 136 Å². The highest BCUT2D eigenvalue weighted by Crippen LogP contribution is 1.88. The lowest BCUT2D eigenvalue weighted by molar-refractivity contribution is -0.229. The minimum atomic E-state index is -0.935. The van der Waals surface area contributed by atoms with Gasteiger partial charge in [-0.2, -0.15) is 5.26 Å². The SMILES string of the molecule is C=C(C)C(=O)O.C=C(C)C(=O)OC.C=C(C)C(=O)OO.C=CC(=O)OCCCC. The number of esters is 2. The van der Waals surface area contributed by atoms with Crippen LogP contribution in [-0.2, 0) is 33.5 Å². The molecule has 9 heteroatoms. The average molecular weight is 416 g/mol. The maximum absolute atomic E-state index is 10.3. The van der Waals surface area contributed by atoms with Crippen molar-refractivity contribution in [2.24, 2.45) is 0 Å². The van der Waals surface area contributed by atoms with Crippen molar-refractivity contribution in [3.05, 3.63) is 49.1 Å². The van der Waals surface area contributed by atoms with Gasteiger partial charge in [0.15, 0.2) is 0 Å². The van der Waals surface area contributed by atoms with Crippen LogP contribution in [0.5, 0.6) is 0 Å². The van der Waals surface area contributed by atoms with Crippen molar-refractivity contribution in [2.45, 2.75) is 40.5 Å². The van der Waals surface area contributed by atoms with Gasteiger partial charge in [0.25, 0.3) is 0 Å². The third-order valence-corrected chi connectivity index (χ3v) is 2.24. The zero-order chi connectivity index (χ0) is 24.0. The molecule has 0 aliphatic heterocycles. The van der Waals surface area contributed by atoms with Gasteiger partial charge in [-0.1, -0.05) is 39.7 Å². The summed E-state index contributed by atoms with van der Waals surface area (Å²) in [6.45, 7) is 20.0. The zero-order valence-electron chi connectivity index (χ0n) is 17.8. The molecule has 0 saturated heterocycles. The van der Waals surface area contributed by atoms with Crippen molar-refractivity contribution in [3.8, 4) is 0 Å². The van der Waals surface area contributed by atoms with Crippen LogP contribution in [0.25, 0.3) is 0 Å². The molecule has 0 aromatic rings. The molecule has 166 valence electrons. The van der Waals surface area contributed by atoms with Crippen molar-refractivity contribution >= 4 is 23.9 Å². The Bertz CT molecular complexity index is 537. The van der Waals surface area contributed by atoms with Gasteiger partial charge in [-0.3, -0.25) is 4.89 Å². The number of rotatable bonds is 7. The largest absolute Gasteiger partial charge is 0.478 e. The van der Waals surface area contributed by atoms with Crippen LogP contribution in [0.2, 0.25) is 0 Å². The summed E-state index contributed by atoms with van der Waals surface area (Å²) in [6.07, 6.45) is 3.15. The Morgan fingerprint density at radius 3 is 1.48 bits per heavy atom. The monoisotopic (exact) mass is 416 g/mol. The average Bonchev–Trinajstić information content (AvgIpc) is 2.67. The van der Waals surface area contributed by atoms with Crippen LogP contribution >= 0.6 is 0 Å². The van der Waals surface area contributed by atoms with Crippen LogP contribution in [0.4, 0.5) is 0 Å². The molecule has 0 unspecified atom stereocenters. The highest BCUT2D eigenvalue weighted by Gasteiger charge is 1.98. The number of aliphatic carboxylic acids is 1. The number of ether oxygens (including phenoxy) is 2. The number of methoxy groups -OCH3 is 1. The number of hydrogen-bond donors (Lipinski definition) is 2. The van der Waals surface area contributed by atoms with E-state index in [1.165, 1.54) is 27.0 Å². The second kappa shape index (κ2) is 22.8. The van der Waals surface area contributed by atoms with Crippen molar-refractivity contribution in [2.75, 3.05) is 13.7 Å². The Morgan fingerprint density at radius 2 is 1.34 bits per heavy atom. The molecule has 0 rings (SSSR count). The molecular weight excluding hydrogens is 384 g/mol. The number of carbonyl (C=O) groups is 4. The van der Waals surface area contributed by atoms with Crippen LogP contribution in [0.3, 0.4) is 0 Å². The molecule has 9 nitrogen and oxygen atoms in total. The third-order valence-electron chi connectivity index (χ3n) is 2.24. The van der Waals surface area contributed by atoms with E-state index in [0.29, 0.717) is 12.2 Å². The van der Waals surface area contributed by atoms with E-state index in [0.717, 1.165) is 12.8 Å². The predicted octanol–water partition coefficient (Wildman–Crippen LogP) is 3.48. The summed E-state index contributed by atoms with van der Waals surface area (Å²) in [5, 5.41) is 15.5. The van der Waals surface area contributed by atoms with Gasteiger partial charge in [-0.25, -0.2) is 19.2 Å². The standard InChI is InChI=1S/C7H12O2.C5H8O2.C4H6O3.C4H6O2/c1-3-5-6-9-7(8)4-2;1-4(2)5(6)7-3;1-3(2)4(5)7-6;1-3(2)4(5)6/h4H,2-3,5-6H2,1H3;1H2,2-3H3;6H,1H2,2H3;1H2,2H3,(H,5,6). The molecule has 0 aliphatic carbocycles. The van der Waals surface area contributed by atoms with E-state index in [2.05, 4.69) is 40.7 Å². The molecule has 0 atom stereocenters. The van der Waals surface area contributed by atoms with Crippen molar-refractivity contribution in [3.63, 3.8) is 0 Å². The molecule has 0 fully saturated rings. The van der Waals surface area contributed by atoms with Gasteiger partial charge in [0, 0.05) is 22.8 Å². The van der Waals surface area contributed by atoms with E-state index in [1.54, 1.807) is 6.92 Å². The summed E-state index contributed by atoms with van der Waals surface area (Å²) < 4.78 is 8.95. The smallest absolute Gasteiger partial charge is 0.367 e. The number of carboxylic acids is 1.